The van der Waals surface area contributed by atoms with Gasteiger partial charge < -0.3 is 4.90 Å². The lowest BCUT2D eigenvalue weighted by Crippen LogP contribution is -2.22. The minimum atomic E-state index is -0.152. The van der Waals surface area contributed by atoms with Crippen LogP contribution in [0.15, 0.2) is 46.3 Å². The first kappa shape index (κ1) is 13.3. The van der Waals surface area contributed by atoms with Gasteiger partial charge >= 0.3 is 0 Å². The van der Waals surface area contributed by atoms with Gasteiger partial charge in [0.2, 0.25) is 0 Å². The molecule has 0 aliphatic rings. The maximum atomic E-state index is 12.6. The highest BCUT2D eigenvalue weighted by molar-refractivity contribution is 5.96. The van der Waals surface area contributed by atoms with Crippen LogP contribution in [-0.4, -0.2) is 35.0 Å². The van der Waals surface area contributed by atoms with Crippen LogP contribution in [0.2, 0.25) is 0 Å². The monoisotopic (exact) mass is 280 g/mol. The average Bonchev–Trinajstić information content (AvgIpc) is 2.45. The number of hydrogen-bond acceptors (Lipinski definition) is 3. The lowest BCUT2D eigenvalue weighted by atomic mass is 10.1. The van der Waals surface area contributed by atoms with Gasteiger partial charge in [0.05, 0.1) is 10.9 Å². The van der Waals surface area contributed by atoms with E-state index in [2.05, 4.69) is 10.1 Å². The molecule has 3 aromatic rings. The van der Waals surface area contributed by atoms with Gasteiger partial charge in [0, 0.05) is 14.1 Å². The van der Waals surface area contributed by atoms with Gasteiger partial charge in [-0.1, -0.05) is 24.3 Å². The van der Waals surface area contributed by atoms with Crippen LogP contribution in [0.25, 0.3) is 21.7 Å². The van der Waals surface area contributed by atoms with Crippen molar-refractivity contribution in [2.24, 2.45) is 5.10 Å². The number of nitrogens with zero attached hydrogens (tertiary/aromatic N) is 4. The van der Waals surface area contributed by atoms with Gasteiger partial charge in [-0.3, -0.25) is 4.79 Å². The van der Waals surface area contributed by atoms with Crippen LogP contribution >= 0.6 is 0 Å². The van der Waals surface area contributed by atoms with Crippen molar-refractivity contribution < 1.29 is 0 Å². The van der Waals surface area contributed by atoms with Crippen LogP contribution < -0.4 is 5.56 Å². The van der Waals surface area contributed by atoms with E-state index in [9.17, 15) is 4.79 Å². The summed E-state index contributed by atoms with van der Waals surface area (Å²) in [7, 11) is 3.71. The summed E-state index contributed by atoms with van der Waals surface area (Å²) in [5.74, 6) is 0.570. The molecule has 0 spiro atoms. The van der Waals surface area contributed by atoms with Crippen LogP contribution in [0.5, 0.6) is 0 Å². The Labute approximate surface area is 122 Å². The first-order valence-electron chi connectivity index (χ1n) is 6.69. The summed E-state index contributed by atoms with van der Waals surface area (Å²) in [6.45, 7) is 1.78. The third kappa shape index (κ3) is 2.38. The van der Waals surface area contributed by atoms with E-state index in [-0.39, 0.29) is 5.56 Å². The summed E-state index contributed by atoms with van der Waals surface area (Å²) in [5, 5.41) is 6.86. The second-order valence-corrected chi connectivity index (χ2v) is 5.19. The van der Waals surface area contributed by atoms with Crippen molar-refractivity contribution in [3.8, 4) is 0 Å². The number of aromatic nitrogens is 2. The summed E-state index contributed by atoms with van der Waals surface area (Å²) < 4.78 is 1.33. The van der Waals surface area contributed by atoms with E-state index in [1.807, 2.05) is 50.5 Å². The highest BCUT2D eigenvalue weighted by Crippen LogP contribution is 2.19. The SMILES string of the molecule is Cc1nc2cc3ccccc3cc2c(=O)n1/N=C\N(C)C. The van der Waals surface area contributed by atoms with Crippen LogP contribution in [0.4, 0.5) is 0 Å². The fourth-order valence-electron chi connectivity index (χ4n) is 2.27. The van der Waals surface area contributed by atoms with Gasteiger partial charge in [-0.15, -0.1) is 0 Å². The smallest absolute Gasteiger partial charge is 0.282 e. The largest absolute Gasteiger partial charge is 0.367 e. The fourth-order valence-corrected chi connectivity index (χ4v) is 2.27. The van der Waals surface area contributed by atoms with Crippen molar-refractivity contribution in [3.05, 3.63) is 52.6 Å². The third-order valence-corrected chi connectivity index (χ3v) is 3.27. The van der Waals surface area contributed by atoms with Crippen molar-refractivity contribution in [3.63, 3.8) is 0 Å². The van der Waals surface area contributed by atoms with E-state index in [1.54, 1.807) is 18.2 Å². The predicted molar refractivity (Wildman–Crippen MR) is 85.8 cm³/mol. The Morgan fingerprint density at radius 3 is 2.52 bits per heavy atom. The molecule has 0 bridgehead atoms. The summed E-state index contributed by atoms with van der Waals surface area (Å²) in [6, 6.07) is 11.8. The fraction of sp³-hybridized carbons (Fsp3) is 0.188. The summed E-state index contributed by atoms with van der Waals surface area (Å²) >= 11 is 0. The van der Waals surface area contributed by atoms with Gasteiger partial charge in [-0.05, 0) is 29.8 Å². The third-order valence-electron chi connectivity index (χ3n) is 3.27. The number of rotatable bonds is 2. The van der Waals surface area contributed by atoms with E-state index in [0.717, 1.165) is 10.8 Å². The van der Waals surface area contributed by atoms with Crippen molar-refractivity contribution >= 4 is 28.0 Å². The average molecular weight is 280 g/mol. The molecule has 5 heteroatoms. The van der Waals surface area contributed by atoms with E-state index in [4.69, 9.17) is 0 Å². The number of hydrogen-bond donors (Lipinski definition) is 0. The summed E-state index contributed by atoms with van der Waals surface area (Å²) in [5.41, 5.74) is 0.550. The second-order valence-electron chi connectivity index (χ2n) is 5.19. The molecule has 106 valence electrons. The Hall–Kier alpha value is -2.69. The Morgan fingerprint density at radius 1 is 1.19 bits per heavy atom. The summed E-state index contributed by atoms with van der Waals surface area (Å²) in [4.78, 5) is 18.9. The maximum absolute atomic E-state index is 12.6. The quantitative estimate of drug-likeness (QED) is 0.411. The minimum Gasteiger partial charge on any atom is -0.367 e. The molecule has 0 radical (unpaired) electrons. The molecule has 1 heterocycles. The van der Waals surface area contributed by atoms with E-state index >= 15 is 0 Å². The van der Waals surface area contributed by atoms with Crippen LogP contribution in [-0.2, 0) is 0 Å². The molecule has 3 rings (SSSR count). The van der Waals surface area contributed by atoms with Crippen LogP contribution in [0, 0.1) is 6.92 Å². The molecule has 0 aliphatic heterocycles. The zero-order chi connectivity index (χ0) is 15.0. The first-order chi connectivity index (χ1) is 10.1. The molecule has 0 atom stereocenters. The highest BCUT2D eigenvalue weighted by Gasteiger charge is 2.08. The Bertz CT molecular complexity index is 909. The Morgan fingerprint density at radius 2 is 1.86 bits per heavy atom. The van der Waals surface area contributed by atoms with Gasteiger partial charge in [-0.25, -0.2) is 4.98 Å². The van der Waals surface area contributed by atoms with E-state index < -0.39 is 0 Å². The second kappa shape index (κ2) is 5.01. The summed E-state index contributed by atoms with van der Waals surface area (Å²) in [6.07, 6.45) is 1.59. The molecular weight excluding hydrogens is 264 g/mol. The molecule has 0 fully saturated rings. The Kier molecular flexibility index (Phi) is 3.17. The van der Waals surface area contributed by atoms with Gasteiger partial charge in [0.15, 0.2) is 0 Å². The topological polar surface area (TPSA) is 50.5 Å². The molecular formula is C16H16N4O. The standard InChI is InChI=1S/C16H16N4O/c1-11-18-15-9-13-7-5-4-6-12(13)8-14(15)16(21)20(11)17-10-19(2)3/h4-10H,1-3H3/b17-10-. The van der Waals surface area contributed by atoms with Gasteiger partial charge in [-0.2, -0.15) is 9.78 Å². The van der Waals surface area contributed by atoms with Crippen molar-refractivity contribution in [1.82, 2.24) is 14.6 Å². The van der Waals surface area contributed by atoms with Crippen molar-refractivity contribution in [1.29, 1.82) is 0 Å². The Balaban J connectivity index is 2.33. The number of aryl methyl sites for hydroxylation is 1. The molecule has 1 aromatic heterocycles. The number of benzene rings is 2. The molecule has 0 amide bonds. The maximum Gasteiger partial charge on any atom is 0.282 e. The zero-order valence-electron chi connectivity index (χ0n) is 12.2. The molecule has 0 saturated heterocycles. The molecule has 21 heavy (non-hydrogen) atoms. The van der Waals surface area contributed by atoms with Crippen molar-refractivity contribution in [2.45, 2.75) is 6.92 Å². The molecule has 0 N–H and O–H groups in total. The van der Waals surface area contributed by atoms with Crippen LogP contribution in [0.1, 0.15) is 5.82 Å². The molecule has 0 saturated carbocycles. The normalized spacial score (nSPS) is 11.6. The number of fused-ring (bicyclic) bond motifs is 2. The zero-order valence-corrected chi connectivity index (χ0v) is 12.2. The lowest BCUT2D eigenvalue weighted by molar-refractivity contribution is 0.626. The van der Waals surface area contributed by atoms with Crippen molar-refractivity contribution in [2.75, 3.05) is 14.1 Å². The highest BCUT2D eigenvalue weighted by atomic mass is 16.1. The van der Waals surface area contributed by atoms with Gasteiger partial charge in [0.25, 0.3) is 5.56 Å². The first-order valence-corrected chi connectivity index (χ1v) is 6.69. The lowest BCUT2D eigenvalue weighted by Gasteiger charge is -2.08. The minimum absolute atomic E-state index is 0.152. The van der Waals surface area contributed by atoms with Gasteiger partial charge in [0.1, 0.15) is 12.2 Å². The molecule has 2 aromatic carbocycles. The predicted octanol–water partition coefficient (Wildman–Crippen LogP) is 2.21. The van der Waals surface area contributed by atoms with E-state index in [0.29, 0.717) is 16.7 Å². The van der Waals surface area contributed by atoms with Crippen LogP contribution in [0.3, 0.4) is 0 Å². The molecule has 0 unspecified atom stereocenters. The van der Waals surface area contributed by atoms with E-state index in [1.165, 1.54) is 4.68 Å². The molecule has 5 nitrogen and oxygen atoms in total. The molecule has 0 aliphatic carbocycles.